The third kappa shape index (κ3) is 29.6. The maximum atomic E-state index is 12.8. The first-order valence-electron chi connectivity index (χ1n) is 23.2. The largest absolute Gasteiger partial charge is 0.472 e. The fraction of sp³-hybridized carbons (Fsp3) is 0.708. The SMILES string of the molecule is CCCCC/C=C/C/C=C/C/C=C/C/C=C/C/C=C/CCC(=O)OC[C@@H](COP(=O)(O)OC1C(O)C(O)C(O)[C@H](O)C1O)OC(=O)CCCCCCC/C=C/CCCCCCC. The molecule has 13 nitrogen and oxygen atoms in total. The minimum Gasteiger partial charge on any atom is -0.462 e. The lowest BCUT2D eigenvalue weighted by atomic mass is 9.85. The molecule has 0 aromatic heterocycles. The summed E-state index contributed by atoms with van der Waals surface area (Å²) in [4.78, 5) is 35.6. The summed E-state index contributed by atoms with van der Waals surface area (Å²) in [5.41, 5.74) is 0. The van der Waals surface area contributed by atoms with Crippen LogP contribution in [0.1, 0.15) is 162 Å². The van der Waals surface area contributed by atoms with Crippen LogP contribution >= 0.6 is 7.82 Å². The topological polar surface area (TPSA) is 210 Å². The van der Waals surface area contributed by atoms with E-state index in [4.69, 9.17) is 18.5 Å². The zero-order chi connectivity index (χ0) is 45.7. The molecule has 0 aliphatic heterocycles. The number of allylic oxidation sites excluding steroid dienone is 12. The zero-order valence-corrected chi connectivity index (χ0v) is 38.5. The monoisotopic (exact) mass is 897 g/mol. The Labute approximate surface area is 372 Å². The van der Waals surface area contributed by atoms with Crippen molar-refractivity contribution >= 4 is 19.8 Å². The minimum atomic E-state index is -5.14. The van der Waals surface area contributed by atoms with Crippen LogP contribution in [0.15, 0.2) is 72.9 Å². The van der Waals surface area contributed by atoms with Crippen LogP contribution < -0.4 is 0 Å². The molecular formula is C48H81O13P. The van der Waals surface area contributed by atoms with Crippen LogP contribution in [0, 0.1) is 0 Å². The maximum absolute atomic E-state index is 12.8. The van der Waals surface area contributed by atoms with Crippen LogP contribution in [0.2, 0.25) is 0 Å². The molecule has 356 valence electrons. The van der Waals surface area contributed by atoms with E-state index in [0.29, 0.717) is 19.3 Å². The van der Waals surface area contributed by atoms with Gasteiger partial charge in [-0.3, -0.25) is 18.6 Å². The van der Waals surface area contributed by atoms with Crippen molar-refractivity contribution in [3.8, 4) is 0 Å². The van der Waals surface area contributed by atoms with Gasteiger partial charge in [-0.2, -0.15) is 0 Å². The third-order valence-corrected chi connectivity index (χ3v) is 11.3. The van der Waals surface area contributed by atoms with Crippen LogP contribution in [0.3, 0.4) is 0 Å². The highest BCUT2D eigenvalue weighted by molar-refractivity contribution is 7.47. The van der Waals surface area contributed by atoms with Gasteiger partial charge in [0.05, 0.1) is 6.61 Å². The molecule has 0 aromatic rings. The average molecular weight is 897 g/mol. The molecule has 0 bridgehead atoms. The Bertz CT molecular complexity index is 1360. The third-order valence-electron chi connectivity index (χ3n) is 10.3. The number of hydrogen-bond donors (Lipinski definition) is 6. The van der Waals surface area contributed by atoms with E-state index in [2.05, 4.69) is 68.5 Å². The first-order valence-corrected chi connectivity index (χ1v) is 24.7. The van der Waals surface area contributed by atoms with Crippen LogP contribution in [0.5, 0.6) is 0 Å². The van der Waals surface area contributed by atoms with Gasteiger partial charge < -0.3 is 39.9 Å². The summed E-state index contributed by atoms with van der Waals surface area (Å²) in [5, 5.41) is 50.1. The Hall–Kier alpha value is -2.71. The Kier molecular flexibility index (Phi) is 34.8. The van der Waals surface area contributed by atoms with Gasteiger partial charge in [-0.25, -0.2) is 4.57 Å². The van der Waals surface area contributed by atoms with Crippen molar-refractivity contribution < 1.29 is 63.1 Å². The molecule has 14 heteroatoms. The lowest BCUT2D eigenvalue weighted by Gasteiger charge is -2.41. The molecule has 0 amide bonds. The van der Waals surface area contributed by atoms with E-state index in [-0.39, 0.29) is 12.8 Å². The van der Waals surface area contributed by atoms with Gasteiger partial charge in [0.15, 0.2) is 6.10 Å². The van der Waals surface area contributed by atoms with Crippen molar-refractivity contribution in [1.29, 1.82) is 0 Å². The summed E-state index contributed by atoms with van der Waals surface area (Å²) < 4.78 is 33.4. The summed E-state index contributed by atoms with van der Waals surface area (Å²) >= 11 is 0. The summed E-state index contributed by atoms with van der Waals surface area (Å²) in [5.74, 6) is -1.21. The molecule has 62 heavy (non-hydrogen) atoms. The van der Waals surface area contributed by atoms with E-state index in [0.717, 1.165) is 64.2 Å². The molecule has 1 rings (SSSR count). The first kappa shape index (κ1) is 57.3. The number of rotatable bonds is 37. The number of aliphatic hydroxyl groups is 5. The summed E-state index contributed by atoms with van der Waals surface area (Å²) in [6.45, 7) is 3.18. The minimum absolute atomic E-state index is 0.0387. The van der Waals surface area contributed by atoms with Gasteiger partial charge in [0.1, 0.15) is 43.2 Å². The van der Waals surface area contributed by atoms with Crippen LogP contribution in [-0.4, -0.2) is 98.3 Å². The summed E-state index contributed by atoms with van der Waals surface area (Å²) in [7, 11) is -5.14. The summed E-state index contributed by atoms with van der Waals surface area (Å²) in [6.07, 6.45) is 34.0. The fourth-order valence-electron chi connectivity index (χ4n) is 6.50. The number of hydrogen-bond acceptors (Lipinski definition) is 12. The van der Waals surface area contributed by atoms with Crippen LogP contribution in [-0.2, 0) is 32.7 Å². The van der Waals surface area contributed by atoms with Crippen molar-refractivity contribution in [3.63, 3.8) is 0 Å². The number of unbranched alkanes of at least 4 members (excludes halogenated alkanes) is 13. The Morgan fingerprint density at radius 1 is 0.500 bits per heavy atom. The molecule has 0 radical (unpaired) electrons. The van der Waals surface area contributed by atoms with Gasteiger partial charge in [0.2, 0.25) is 0 Å². The molecule has 0 aromatic carbocycles. The molecule has 8 atom stereocenters. The van der Waals surface area contributed by atoms with E-state index in [1.165, 1.54) is 51.4 Å². The molecule has 1 aliphatic rings. The number of carbonyl (C=O) groups excluding carboxylic acids is 2. The lowest BCUT2D eigenvalue weighted by Crippen LogP contribution is -2.64. The van der Waals surface area contributed by atoms with E-state index in [1.807, 2.05) is 18.2 Å². The number of aliphatic hydroxyl groups excluding tert-OH is 5. The summed E-state index contributed by atoms with van der Waals surface area (Å²) in [6, 6.07) is 0. The maximum Gasteiger partial charge on any atom is 0.472 e. The van der Waals surface area contributed by atoms with Gasteiger partial charge >= 0.3 is 19.8 Å². The fourth-order valence-corrected chi connectivity index (χ4v) is 7.47. The highest BCUT2D eigenvalue weighted by atomic mass is 31.2. The molecule has 0 spiro atoms. The molecule has 0 heterocycles. The van der Waals surface area contributed by atoms with E-state index in [1.54, 1.807) is 0 Å². The Balaban J connectivity index is 2.52. The van der Waals surface area contributed by atoms with Gasteiger partial charge in [0, 0.05) is 12.8 Å². The molecule has 1 saturated carbocycles. The predicted molar refractivity (Wildman–Crippen MR) is 244 cm³/mol. The van der Waals surface area contributed by atoms with Crippen LogP contribution in [0.25, 0.3) is 0 Å². The number of ether oxygens (including phenoxy) is 2. The molecule has 6 unspecified atom stereocenters. The molecule has 1 fully saturated rings. The van der Waals surface area contributed by atoms with Gasteiger partial charge in [-0.1, -0.05) is 145 Å². The highest BCUT2D eigenvalue weighted by Gasteiger charge is 2.51. The quantitative estimate of drug-likeness (QED) is 0.0149. The Morgan fingerprint density at radius 3 is 1.44 bits per heavy atom. The second-order valence-electron chi connectivity index (χ2n) is 15.9. The molecule has 6 N–H and O–H groups in total. The molecular weight excluding hydrogens is 815 g/mol. The number of phosphoric acid groups is 1. The number of carbonyl (C=O) groups is 2. The van der Waals surface area contributed by atoms with Crippen molar-refractivity contribution in [2.45, 2.75) is 204 Å². The van der Waals surface area contributed by atoms with Crippen molar-refractivity contribution in [2.24, 2.45) is 0 Å². The van der Waals surface area contributed by atoms with Crippen molar-refractivity contribution in [3.05, 3.63) is 72.9 Å². The standard InChI is InChI=1S/C48H81O13P/c1-3-5-7-9-11-13-15-17-19-20-21-22-23-25-26-28-30-32-34-36-41(49)58-38-40(39-59-62(56,57)61-48-46(54)44(52)43(51)45(53)47(48)55)60-42(50)37-35-33-31-29-27-24-18-16-14-12-10-8-6-4-2/h11,13,16-19,21-22,25-26,30,32,40,43-48,51-55H,3-10,12,14-15,20,23-24,27-29,31,33-39H2,1-2H3,(H,56,57)/b13-11+,18-16+,19-17+,22-21+,26-25+,32-30+/t40-,43?,44-,45?,46?,47?,48?/m0/s1. The second kappa shape index (κ2) is 37.6. The molecule has 0 saturated heterocycles. The van der Waals surface area contributed by atoms with Crippen molar-refractivity contribution in [2.75, 3.05) is 13.2 Å². The van der Waals surface area contributed by atoms with E-state index in [9.17, 15) is 44.6 Å². The van der Waals surface area contributed by atoms with Crippen LogP contribution in [0.4, 0.5) is 0 Å². The Morgan fingerprint density at radius 2 is 0.903 bits per heavy atom. The normalized spacial score (nSPS) is 22.5. The smallest absolute Gasteiger partial charge is 0.462 e. The van der Waals surface area contributed by atoms with Gasteiger partial charge in [-0.05, 0) is 77.0 Å². The van der Waals surface area contributed by atoms with Crippen molar-refractivity contribution in [1.82, 2.24) is 0 Å². The number of phosphoric ester groups is 1. The predicted octanol–water partition coefficient (Wildman–Crippen LogP) is 9.11. The van der Waals surface area contributed by atoms with E-state index >= 15 is 0 Å². The van der Waals surface area contributed by atoms with Gasteiger partial charge in [-0.15, -0.1) is 0 Å². The highest BCUT2D eigenvalue weighted by Crippen LogP contribution is 2.47. The average Bonchev–Trinajstić information content (AvgIpc) is 3.25. The van der Waals surface area contributed by atoms with Gasteiger partial charge in [0.25, 0.3) is 0 Å². The molecule has 1 aliphatic carbocycles. The zero-order valence-electron chi connectivity index (χ0n) is 37.6. The number of esters is 2. The second-order valence-corrected chi connectivity index (χ2v) is 17.3. The first-order chi connectivity index (χ1) is 29.9. The lowest BCUT2D eigenvalue weighted by molar-refractivity contribution is -0.220. The van der Waals surface area contributed by atoms with E-state index < -0.39 is 75.7 Å².